The Hall–Kier alpha value is -1.96. The summed E-state index contributed by atoms with van der Waals surface area (Å²) in [5.41, 5.74) is -0.0742. The van der Waals surface area contributed by atoms with E-state index in [9.17, 15) is 19.5 Å². The number of hydrogen-bond acceptors (Lipinski definition) is 4. The number of amides is 3. The highest BCUT2D eigenvalue weighted by Gasteiger charge is 2.74. The maximum atomic E-state index is 13.3. The van der Waals surface area contributed by atoms with Crippen molar-refractivity contribution in [2.45, 2.75) is 44.4 Å². The summed E-state index contributed by atoms with van der Waals surface area (Å²) in [6, 6.07) is 4.49. The van der Waals surface area contributed by atoms with Gasteiger partial charge in [-0.3, -0.25) is 19.3 Å². The van der Waals surface area contributed by atoms with E-state index < -0.39 is 29.5 Å². The molecule has 0 aliphatic carbocycles. The molecule has 1 aromatic carbocycles. The molecule has 8 heteroatoms. The molecular weight excluding hydrogens is 370 g/mol. The van der Waals surface area contributed by atoms with Crippen LogP contribution < -0.4 is 10.6 Å². The van der Waals surface area contributed by atoms with E-state index in [0.717, 1.165) is 6.42 Å². The summed E-state index contributed by atoms with van der Waals surface area (Å²) >= 11 is 6.17. The minimum absolute atomic E-state index is 0.291. The molecule has 5 atom stereocenters. The summed E-state index contributed by atoms with van der Waals surface area (Å²) in [5.74, 6) is -2.54. The van der Waals surface area contributed by atoms with Gasteiger partial charge in [0.1, 0.15) is 24.0 Å². The van der Waals surface area contributed by atoms with Crippen LogP contribution in [0.25, 0.3) is 0 Å². The average Bonchev–Trinajstić information content (AvgIpc) is 3.20. The third-order valence-corrected chi connectivity index (χ3v) is 6.38. The predicted octanol–water partition coefficient (Wildman–Crippen LogP) is 0.215. The maximum Gasteiger partial charge on any atom is 0.291 e. The maximum absolute atomic E-state index is 13.3. The first-order valence-electron chi connectivity index (χ1n) is 9.33. The number of hydrogen-bond donors (Lipinski definition) is 3. The van der Waals surface area contributed by atoms with Crippen molar-refractivity contribution in [2.75, 3.05) is 11.9 Å². The van der Waals surface area contributed by atoms with Crippen LogP contribution in [0.15, 0.2) is 18.2 Å². The molecule has 3 amide bonds. The molecule has 3 aliphatic heterocycles. The zero-order chi connectivity index (χ0) is 19.5. The number of carbonyl (C=O) groups excluding carboxylic acids is 3. The van der Waals surface area contributed by atoms with Gasteiger partial charge < -0.3 is 15.7 Å². The van der Waals surface area contributed by atoms with Crippen molar-refractivity contribution in [3.8, 4) is 0 Å². The van der Waals surface area contributed by atoms with Gasteiger partial charge in [-0.25, -0.2) is 0 Å². The Morgan fingerprint density at radius 2 is 2.07 bits per heavy atom. The van der Waals surface area contributed by atoms with Crippen LogP contribution in [0.4, 0.5) is 5.69 Å². The zero-order valence-electron chi connectivity index (χ0n) is 15.2. The molecule has 2 saturated heterocycles. The molecule has 0 saturated carbocycles. The van der Waals surface area contributed by atoms with E-state index >= 15 is 0 Å². The van der Waals surface area contributed by atoms with Gasteiger partial charge in [-0.05, 0) is 31.5 Å². The number of imide groups is 1. The molecule has 27 heavy (non-hydrogen) atoms. The molecule has 2 fully saturated rings. The fourth-order valence-corrected chi connectivity index (χ4v) is 5.07. The van der Waals surface area contributed by atoms with Gasteiger partial charge in [0.25, 0.3) is 5.91 Å². The van der Waals surface area contributed by atoms with Gasteiger partial charge in [0.2, 0.25) is 17.4 Å². The number of aliphatic hydroxyl groups excluding tert-OH is 1. The van der Waals surface area contributed by atoms with Crippen molar-refractivity contribution >= 4 is 35.0 Å². The van der Waals surface area contributed by atoms with E-state index in [0.29, 0.717) is 29.2 Å². The number of rotatable bonds is 4. The third kappa shape index (κ3) is 2.38. The minimum Gasteiger partial charge on any atom is -0.387 e. The Morgan fingerprint density at radius 3 is 2.74 bits per heavy atom. The molecule has 3 aliphatic rings. The van der Waals surface area contributed by atoms with E-state index in [1.807, 2.05) is 6.92 Å². The largest absolute Gasteiger partial charge is 0.387 e. The molecule has 0 unspecified atom stereocenters. The summed E-state index contributed by atoms with van der Waals surface area (Å²) < 4.78 is 0. The van der Waals surface area contributed by atoms with Crippen molar-refractivity contribution < 1.29 is 24.8 Å². The SMILES string of the molecule is CCCCN1C(=O)[C@@H]2[C@@H]([C@@H](C)O)[NH2+][C@]3(C(=O)Nc4ccc(Cl)cc43)[C@@H]2C1=O. The first-order valence-corrected chi connectivity index (χ1v) is 9.71. The lowest BCUT2D eigenvalue weighted by Crippen LogP contribution is -3.00. The van der Waals surface area contributed by atoms with Gasteiger partial charge in [-0.15, -0.1) is 0 Å². The second kappa shape index (κ2) is 6.29. The van der Waals surface area contributed by atoms with Gasteiger partial charge >= 0.3 is 0 Å². The molecule has 0 radical (unpaired) electrons. The summed E-state index contributed by atoms with van der Waals surface area (Å²) in [7, 11) is 0. The fourth-order valence-electron chi connectivity index (χ4n) is 4.89. The number of likely N-dealkylation sites (tertiary alicyclic amines) is 1. The van der Waals surface area contributed by atoms with Gasteiger partial charge in [0.15, 0.2) is 0 Å². The standard InChI is InChI=1S/C19H22ClN3O4/c1-3-4-7-23-16(25)13-14(17(23)26)19(22-15(13)9(2)24)11-8-10(20)5-6-12(11)21-18(19)27/h5-6,8-9,13-15,22,24H,3-4,7H2,1-2H3,(H,21,27)/p+1/t9-,13+,14+,15-,19+/m1/s1. The smallest absolute Gasteiger partial charge is 0.291 e. The van der Waals surface area contributed by atoms with Crippen LogP contribution >= 0.6 is 11.6 Å². The quantitative estimate of drug-likeness (QED) is 0.637. The van der Waals surface area contributed by atoms with Crippen molar-refractivity contribution in [1.82, 2.24) is 4.90 Å². The number of aliphatic hydroxyl groups is 1. The number of anilines is 1. The topological polar surface area (TPSA) is 103 Å². The number of nitrogens with two attached hydrogens (primary N) is 1. The third-order valence-electron chi connectivity index (χ3n) is 6.15. The van der Waals surface area contributed by atoms with E-state index in [-0.39, 0.29) is 17.7 Å². The minimum atomic E-state index is -1.28. The van der Waals surface area contributed by atoms with Crippen LogP contribution in [0, 0.1) is 11.8 Å². The summed E-state index contributed by atoms with van der Waals surface area (Å²) in [6.07, 6.45) is 0.708. The highest BCUT2D eigenvalue weighted by molar-refractivity contribution is 6.31. The fraction of sp³-hybridized carbons (Fsp3) is 0.526. The van der Waals surface area contributed by atoms with Gasteiger partial charge in [0, 0.05) is 17.1 Å². The summed E-state index contributed by atoms with van der Waals surface area (Å²) in [6.45, 7) is 3.92. The van der Waals surface area contributed by atoms with E-state index in [2.05, 4.69) is 5.32 Å². The number of fused-ring (bicyclic) bond motifs is 4. The summed E-state index contributed by atoms with van der Waals surface area (Å²) in [5, 5.41) is 15.3. The number of quaternary nitrogens is 1. The first kappa shape index (κ1) is 18.4. The lowest BCUT2D eigenvalue weighted by molar-refractivity contribution is -0.738. The van der Waals surface area contributed by atoms with Crippen molar-refractivity contribution in [3.63, 3.8) is 0 Å². The Bertz CT molecular complexity index is 842. The predicted molar refractivity (Wildman–Crippen MR) is 97.8 cm³/mol. The van der Waals surface area contributed by atoms with Crippen molar-refractivity contribution in [3.05, 3.63) is 28.8 Å². The Labute approximate surface area is 162 Å². The highest BCUT2D eigenvalue weighted by atomic mass is 35.5. The molecule has 0 bridgehead atoms. The average molecular weight is 393 g/mol. The Balaban J connectivity index is 1.86. The van der Waals surface area contributed by atoms with Crippen LogP contribution in [-0.4, -0.2) is 46.4 Å². The molecule has 7 nitrogen and oxygen atoms in total. The van der Waals surface area contributed by atoms with Gasteiger partial charge in [-0.2, -0.15) is 0 Å². The van der Waals surface area contributed by atoms with Crippen molar-refractivity contribution in [2.24, 2.45) is 11.8 Å². The van der Waals surface area contributed by atoms with E-state index in [1.54, 1.807) is 30.4 Å². The first-order chi connectivity index (χ1) is 12.8. The molecule has 144 valence electrons. The molecule has 3 heterocycles. The second-order valence-electron chi connectivity index (χ2n) is 7.68. The number of halogens is 1. The van der Waals surface area contributed by atoms with Crippen molar-refractivity contribution in [1.29, 1.82) is 0 Å². The van der Waals surface area contributed by atoms with Gasteiger partial charge in [-0.1, -0.05) is 24.9 Å². The van der Waals surface area contributed by atoms with Crippen LogP contribution in [0.1, 0.15) is 32.3 Å². The number of nitrogens with one attached hydrogen (secondary N) is 1. The Morgan fingerprint density at radius 1 is 1.33 bits per heavy atom. The molecular formula is C19H23ClN3O4+. The summed E-state index contributed by atoms with van der Waals surface area (Å²) in [4.78, 5) is 40.7. The lowest BCUT2D eigenvalue weighted by Gasteiger charge is -2.27. The highest BCUT2D eigenvalue weighted by Crippen LogP contribution is 2.49. The number of benzene rings is 1. The molecule has 4 rings (SSSR count). The second-order valence-corrected chi connectivity index (χ2v) is 8.12. The number of nitrogens with zero attached hydrogens (tertiary/aromatic N) is 1. The van der Waals surface area contributed by atoms with E-state index in [1.165, 1.54) is 4.90 Å². The molecule has 1 spiro atoms. The van der Waals surface area contributed by atoms with Gasteiger partial charge in [0.05, 0.1) is 5.69 Å². The number of unbranched alkanes of at least 4 members (excludes halogenated alkanes) is 1. The molecule has 4 N–H and O–H groups in total. The molecule has 0 aromatic heterocycles. The normalized spacial score (nSPS) is 32.8. The van der Waals surface area contributed by atoms with E-state index in [4.69, 9.17) is 11.6 Å². The number of carbonyl (C=O) groups is 3. The monoisotopic (exact) mass is 392 g/mol. The Kier molecular flexibility index (Phi) is 4.29. The van der Waals surface area contributed by atoms with Crippen LogP contribution in [0.2, 0.25) is 5.02 Å². The van der Waals surface area contributed by atoms with Crippen LogP contribution in [-0.2, 0) is 19.9 Å². The lowest BCUT2D eigenvalue weighted by atomic mass is 9.76. The zero-order valence-corrected chi connectivity index (χ0v) is 16.0. The molecule has 1 aromatic rings. The van der Waals surface area contributed by atoms with Crippen LogP contribution in [0.3, 0.4) is 0 Å². The van der Waals surface area contributed by atoms with Crippen LogP contribution in [0.5, 0.6) is 0 Å².